The quantitative estimate of drug-likeness (QED) is 0.0363. The Morgan fingerprint density at radius 1 is 0.224 bits per heavy atom. The van der Waals surface area contributed by atoms with Crippen LogP contribution in [0.2, 0.25) is 0 Å². The van der Waals surface area contributed by atoms with E-state index in [1.54, 1.807) is 0 Å². The van der Waals surface area contributed by atoms with E-state index in [4.69, 9.17) is 90.0 Å². The third kappa shape index (κ3) is 20.2. The standard InChI is InChI=1S/C66H111N3O47/c1-14-30(79)37(86)42(91)60(98-14)111-51-27(67-18(5)76)57(97)102-24(11-73)48(51)108-64-46(95)54(35(84)22(9-71)103-64)114-58-28(68-19(6)77)52(112-61-43(92)38(87)31(80)15(2)99-61)49(25(12-74)106-58)109-65-47(96)55(36(85)23(10-72)104-65)115-59-29(69-20(7)78)53(113-62-44(93)39(88)32(81)16(3)100-62)50(26(13-75)107-59)110-66-56(41(90)34(83)21(8-70)105-66)116-63-45(94)40(89)33(82)17(4)101-63/h14-17,21-66,70-75,79-97H,8-13H2,1-7H3,(H,67,76)(H,68,77)(H,69,78). The zero-order chi connectivity index (χ0) is 85.4. The molecule has 10 fully saturated rings. The van der Waals surface area contributed by atoms with E-state index < -0.39 is 364 Å². The Kier molecular flexibility index (Phi) is 33.2. The first-order valence-electron chi connectivity index (χ1n) is 37.6. The van der Waals surface area contributed by atoms with Gasteiger partial charge in [-0.2, -0.15) is 0 Å². The summed E-state index contributed by atoms with van der Waals surface area (Å²) in [5, 5.41) is 287. The highest BCUT2D eigenvalue weighted by Crippen LogP contribution is 2.42. The van der Waals surface area contributed by atoms with E-state index in [2.05, 4.69) is 16.0 Å². The van der Waals surface area contributed by atoms with Crippen molar-refractivity contribution in [3.05, 3.63) is 0 Å². The maximum absolute atomic E-state index is 13.7. The second-order valence-electron chi connectivity index (χ2n) is 30.1. The summed E-state index contributed by atoms with van der Waals surface area (Å²) in [5.41, 5.74) is 0. The molecule has 0 spiro atoms. The molecule has 10 aliphatic rings. The van der Waals surface area contributed by atoms with Gasteiger partial charge in [0.1, 0.15) is 220 Å². The van der Waals surface area contributed by atoms with Crippen LogP contribution in [0, 0.1) is 0 Å². The molecular weight excluding hydrogens is 1590 g/mol. The molecular formula is C66H111N3O47. The van der Waals surface area contributed by atoms with Crippen LogP contribution in [0.3, 0.4) is 0 Å². The average Bonchev–Trinajstić information content (AvgIpc) is 0.759. The predicted octanol–water partition coefficient (Wildman–Crippen LogP) is -18.3. The van der Waals surface area contributed by atoms with Gasteiger partial charge < -0.3 is 234 Å². The number of amides is 3. The first-order valence-corrected chi connectivity index (χ1v) is 37.6. The number of carbonyl (C=O) groups is 3. The summed E-state index contributed by atoms with van der Waals surface area (Å²) < 4.78 is 115. The third-order valence-corrected chi connectivity index (χ3v) is 21.9. The lowest BCUT2D eigenvalue weighted by Gasteiger charge is -2.53. The van der Waals surface area contributed by atoms with Gasteiger partial charge in [-0.05, 0) is 27.7 Å². The molecule has 3 amide bonds. The van der Waals surface area contributed by atoms with Crippen LogP contribution in [0.15, 0.2) is 0 Å². The molecule has 0 radical (unpaired) electrons. The molecule has 10 aliphatic heterocycles. The fourth-order valence-corrected chi connectivity index (χ4v) is 15.4. The van der Waals surface area contributed by atoms with Crippen molar-refractivity contribution in [2.75, 3.05) is 39.6 Å². The van der Waals surface area contributed by atoms with Crippen LogP contribution in [0.25, 0.3) is 0 Å². The van der Waals surface area contributed by atoms with Gasteiger partial charge in [-0.1, -0.05) is 0 Å². The predicted molar refractivity (Wildman–Crippen MR) is 359 cm³/mol. The van der Waals surface area contributed by atoms with Crippen molar-refractivity contribution in [1.82, 2.24) is 16.0 Å². The lowest BCUT2D eigenvalue weighted by molar-refractivity contribution is -0.404. The summed E-state index contributed by atoms with van der Waals surface area (Å²) in [4.78, 5) is 39.9. The Morgan fingerprint density at radius 3 is 0.767 bits per heavy atom. The molecule has 50 atom stereocenters. The molecule has 0 bridgehead atoms. The number of hydrogen-bond donors (Lipinski definition) is 28. The van der Waals surface area contributed by atoms with Crippen LogP contribution in [0.4, 0.5) is 0 Å². The van der Waals surface area contributed by atoms with Gasteiger partial charge in [-0.25, -0.2) is 0 Å². The van der Waals surface area contributed by atoms with Gasteiger partial charge in [-0.15, -0.1) is 0 Å². The number of rotatable bonds is 27. The van der Waals surface area contributed by atoms with Crippen LogP contribution in [0.1, 0.15) is 48.5 Å². The van der Waals surface area contributed by atoms with Crippen molar-refractivity contribution in [3.8, 4) is 0 Å². The number of carbonyl (C=O) groups excluding carboxylic acids is 3. The summed E-state index contributed by atoms with van der Waals surface area (Å²) in [6.07, 6.45) is -94.8. The van der Waals surface area contributed by atoms with Crippen LogP contribution in [0.5, 0.6) is 0 Å². The van der Waals surface area contributed by atoms with Crippen LogP contribution in [-0.2, 0) is 104 Å². The van der Waals surface area contributed by atoms with Crippen LogP contribution >= 0.6 is 0 Å². The molecule has 50 heteroatoms. The Balaban J connectivity index is 0.985. The maximum Gasteiger partial charge on any atom is 0.217 e. The van der Waals surface area contributed by atoms with Crippen molar-refractivity contribution in [2.24, 2.45) is 0 Å². The van der Waals surface area contributed by atoms with Gasteiger partial charge in [0.2, 0.25) is 17.7 Å². The second kappa shape index (κ2) is 40.5. The minimum atomic E-state index is -2.53. The highest BCUT2D eigenvalue weighted by atomic mass is 16.8. The molecule has 28 N–H and O–H groups in total. The summed E-state index contributed by atoms with van der Waals surface area (Å²) in [6.45, 7) is 0.820. The van der Waals surface area contributed by atoms with Gasteiger partial charge >= 0.3 is 0 Å². The van der Waals surface area contributed by atoms with Crippen molar-refractivity contribution < 1.29 is 232 Å². The van der Waals surface area contributed by atoms with E-state index >= 15 is 0 Å². The Hall–Kier alpha value is -3.35. The molecule has 0 aromatic heterocycles. The van der Waals surface area contributed by atoms with Crippen molar-refractivity contribution >= 4 is 17.7 Å². The summed E-state index contributed by atoms with van der Waals surface area (Å²) in [5.74, 6) is -2.88. The molecule has 10 saturated heterocycles. The highest BCUT2D eigenvalue weighted by Gasteiger charge is 2.63. The molecule has 116 heavy (non-hydrogen) atoms. The number of aliphatic hydroxyl groups is 25. The monoisotopic (exact) mass is 1700 g/mol. The van der Waals surface area contributed by atoms with E-state index in [1.807, 2.05) is 0 Å². The molecule has 50 unspecified atom stereocenters. The van der Waals surface area contributed by atoms with E-state index in [0.717, 1.165) is 20.8 Å². The fraction of sp³-hybridized carbons (Fsp3) is 0.955. The number of aliphatic hydroxyl groups excluding tert-OH is 25. The zero-order valence-corrected chi connectivity index (χ0v) is 63.3. The summed E-state index contributed by atoms with van der Waals surface area (Å²) >= 11 is 0. The molecule has 0 saturated carbocycles. The topological polar surface area (TPSA) is 768 Å². The van der Waals surface area contributed by atoms with Crippen molar-refractivity contribution in [3.63, 3.8) is 0 Å². The maximum atomic E-state index is 13.7. The molecule has 50 nitrogen and oxygen atoms in total. The van der Waals surface area contributed by atoms with E-state index in [1.165, 1.54) is 27.7 Å². The van der Waals surface area contributed by atoms with Crippen molar-refractivity contribution in [2.45, 2.75) is 355 Å². The van der Waals surface area contributed by atoms with E-state index in [9.17, 15) is 142 Å². The van der Waals surface area contributed by atoms with Gasteiger partial charge in [0, 0.05) is 20.8 Å². The summed E-state index contributed by atoms with van der Waals surface area (Å²) in [6, 6.07) is -5.87. The normalized spacial score (nSPS) is 51.7. The highest BCUT2D eigenvalue weighted by molar-refractivity contribution is 5.74. The largest absolute Gasteiger partial charge is 0.394 e. The number of hydrogen-bond acceptors (Lipinski definition) is 47. The van der Waals surface area contributed by atoms with Gasteiger partial charge in [-0.3, -0.25) is 14.4 Å². The first kappa shape index (κ1) is 94.9. The minimum Gasteiger partial charge on any atom is -0.394 e. The summed E-state index contributed by atoms with van der Waals surface area (Å²) in [7, 11) is 0. The molecule has 0 aromatic rings. The minimum absolute atomic E-state index is 0.843. The van der Waals surface area contributed by atoms with Crippen molar-refractivity contribution in [1.29, 1.82) is 0 Å². The van der Waals surface area contributed by atoms with Gasteiger partial charge in [0.25, 0.3) is 0 Å². The van der Waals surface area contributed by atoms with Gasteiger partial charge in [0.15, 0.2) is 62.9 Å². The Morgan fingerprint density at radius 2 is 0.457 bits per heavy atom. The van der Waals surface area contributed by atoms with E-state index in [-0.39, 0.29) is 0 Å². The Labute approximate surface area is 659 Å². The average molecular weight is 1700 g/mol. The van der Waals surface area contributed by atoms with Crippen LogP contribution in [-0.4, -0.2) is 492 Å². The van der Waals surface area contributed by atoms with Gasteiger partial charge in [0.05, 0.1) is 64.1 Å². The van der Waals surface area contributed by atoms with E-state index in [0.29, 0.717) is 0 Å². The Bertz CT molecular complexity index is 3100. The molecule has 10 heterocycles. The first-order chi connectivity index (χ1) is 54.7. The molecule has 0 aliphatic carbocycles. The molecule has 10 rings (SSSR count). The second-order valence-corrected chi connectivity index (χ2v) is 30.1. The lowest BCUT2D eigenvalue weighted by atomic mass is 9.93. The fourth-order valence-electron chi connectivity index (χ4n) is 15.4. The third-order valence-electron chi connectivity index (χ3n) is 21.9. The SMILES string of the molecule is CC(=O)NC1C(O)OC(CO)C(OC2OC(CO)C(O)C(OC3OC(CO)C(OC4OC(CO)C(O)C(OC5OC(CO)C(OC6OC(CO)C(O)C(O)C6OC6OC(C)C(O)C(O)C6O)C(OC6OC(C)C(O)C(O)C6O)C5NC(C)=O)C4O)C(OC4OC(C)C(O)C(O)C4O)C3NC(C)=O)C2O)C1OC1OC(C)C(O)C(O)C1O. The lowest BCUT2D eigenvalue weighted by Crippen LogP contribution is -2.72. The smallest absolute Gasteiger partial charge is 0.217 e. The van der Waals surface area contributed by atoms with Crippen LogP contribution < -0.4 is 16.0 Å². The molecule has 672 valence electrons. The number of nitrogens with one attached hydrogen (secondary N) is 3. The molecule has 0 aromatic carbocycles. The zero-order valence-electron chi connectivity index (χ0n) is 63.3. The number of ether oxygens (including phenoxy) is 19.